The van der Waals surface area contributed by atoms with Crippen molar-refractivity contribution in [3.8, 4) is 0 Å². The second kappa shape index (κ2) is 5.66. The highest BCUT2D eigenvalue weighted by Gasteiger charge is 2.01. The van der Waals surface area contributed by atoms with Gasteiger partial charge < -0.3 is 5.11 Å². The van der Waals surface area contributed by atoms with Crippen molar-refractivity contribution in [2.24, 2.45) is 0 Å². The Hall–Kier alpha value is -2.16. The lowest BCUT2D eigenvalue weighted by Gasteiger charge is -1.98. The molecule has 0 atom stereocenters. The number of carboxylic acid groups (broad SMARTS) is 1. The molecule has 3 nitrogen and oxygen atoms in total. The van der Waals surface area contributed by atoms with E-state index in [9.17, 15) is 9.59 Å². The first-order chi connectivity index (χ1) is 7.63. The van der Waals surface area contributed by atoms with E-state index in [0.717, 1.165) is 24.1 Å². The lowest BCUT2D eigenvalue weighted by atomic mass is 10.1. The minimum Gasteiger partial charge on any atom is -0.478 e. The maximum atomic E-state index is 11.4. The fraction of sp³-hybridized carbons (Fsp3) is 0.0769. The number of hydrogen-bond acceptors (Lipinski definition) is 2. The summed E-state index contributed by atoms with van der Waals surface area (Å²) >= 11 is 0. The van der Waals surface area contributed by atoms with Crippen LogP contribution < -0.4 is 0 Å². The Labute approximate surface area is 93.7 Å². The molecule has 0 spiro atoms. The molecule has 0 fully saturated rings. The Morgan fingerprint density at radius 2 is 1.81 bits per heavy atom. The number of allylic oxidation sites excluding steroid dienone is 2. The van der Waals surface area contributed by atoms with Crippen LogP contribution in [0.15, 0.2) is 49.1 Å². The Kier molecular flexibility index (Phi) is 4.21. The van der Waals surface area contributed by atoms with Crippen molar-refractivity contribution in [1.82, 2.24) is 0 Å². The maximum Gasteiger partial charge on any atom is 0.328 e. The fourth-order valence-electron chi connectivity index (χ4n) is 1.21. The van der Waals surface area contributed by atoms with Crippen LogP contribution in [0.2, 0.25) is 0 Å². The van der Waals surface area contributed by atoms with E-state index in [0.29, 0.717) is 5.56 Å². The number of aliphatic carboxylic acids is 1. The van der Waals surface area contributed by atoms with E-state index in [1.54, 1.807) is 18.2 Å². The summed E-state index contributed by atoms with van der Waals surface area (Å²) in [4.78, 5) is 21.7. The normalized spacial score (nSPS) is 10.2. The summed E-state index contributed by atoms with van der Waals surface area (Å²) in [5, 5.41) is 8.37. The summed E-state index contributed by atoms with van der Waals surface area (Å²) in [6.45, 7) is 3.62. The topological polar surface area (TPSA) is 54.4 Å². The summed E-state index contributed by atoms with van der Waals surface area (Å²) in [5.41, 5.74) is 1.54. The molecule has 0 bridgehead atoms. The van der Waals surface area contributed by atoms with Gasteiger partial charge >= 0.3 is 5.97 Å². The van der Waals surface area contributed by atoms with Gasteiger partial charge in [0.05, 0.1) is 0 Å². The van der Waals surface area contributed by atoms with Gasteiger partial charge in [0.1, 0.15) is 0 Å². The first-order valence-corrected chi connectivity index (χ1v) is 4.78. The van der Waals surface area contributed by atoms with Crippen molar-refractivity contribution in [1.29, 1.82) is 0 Å². The molecule has 3 heteroatoms. The second-order valence-electron chi connectivity index (χ2n) is 3.23. The van der Waals surface area contributed by atoms with Crippen molar-refractivity contribution < 1.29 is 14.7 Å². The molecule has 1 aromatic rings. The molecule has 0 aromatic heterocycles. The SMILES string of the molecule is C=CCc1ccc(C(=O)C=CC(=O)O)cc1. The minimum atomic E-state index is -1.13. The predicted octanol–water partition coefficient (Wildman–Crippen LogP) is 2.24. The van der Waals surface area contributed by atoms with Crippen LogP contribution >= 0.6 is 0 Å². The van der Waals surface area contributed by atoms with Crippen LogP contribution in [-0.4, -0.2) is 16.9 Å². The molecule has 0 heterocycles. The van der Waals surface area contributed by atoms with Crippen molar-refractivity contribution in [3.05, 3.63) is 60.2 Å². The highest BCUT2D eigenvalue weighted by atomic mass is 16.4. The highest BCUT2D eigenvalue weighted by Crippen LogP contribution is 2.06. The van der Waals surface area contributed by atoms with Crippen LogP contribution in [0.25, 0.3) is 0 Å². The molecule has 0 aliphatic carbocycles. The van der Waals surface area contributed by atoms with E-state index in [1.165, 1.54) is 0 Å². The maximum absolute atomic E-state index is 11.4. The van der Waals surface area contributed by atoms with Gasteiger partial charge in [0.25, 0.3) is 0 Å². The Morgan fingerprint density at radius 3 is 2.31 bits per heavy atom. The van der Waals surface area contributed by atoms with Crippen LogP contribution in [0.3, 0.4) is 0 Å². The van der Waals surface area contributed by atoms with E-state index in [4.69, 9.17) is 5.11 Å². The predicted molar refractivity (Wildman–Crippen MR) is 61.4 cm³/mol. The third-order valence-corrected chi connectivity index (χ3v) is 2.00. The Morgan fingerprint density at radius 1 is 1.19 bits per heavy atom. The second-order valence-corrected chi connectivity index (χ2v) is 3.23. The number of carboxylic acids is 1. The van der Waals surface area contributed by atoms with E-state index in [1.807, 2.05) is 12.1 Å². The zero-order valence-corrected chi connectivity index (χ0v) is 8.72. The third-order valence-electron chi connectivity index (χ3n) is 2.00. The van der Waals surface area contributed by atoms with Crippen molar-refractivity contribution in [2.75, 3.05) is 0 Å². The number of benzene rings is 1. The lowest BCUT2D eigenvalue weighted by Crippen LogP contribution is -1.96. The van der Waals surface area contributed by atoms with Gasteiger partial charge in [-0.25, -0.2) is 4.79 Å². The van der Waals surface area contributed by atoms with Gasteiger partial charge in [-0.15, -0.1) is 6.58 Å². The van der Waals surface area contributed by atoms with Gasteiger partial charge in [0.15, 0.2) is 5.78 Å². The van der Waals surface area contributed by atoms with Crippen molar-refractivity contribution >= 4 is 11.8 Å². The molecular formula is C13H12O3. The van der Waals surface area contributed by atoms with Crippen LogP contribution in [-0.2, 0) is 11.2 Å². The van der Waals surface area contributed by atoms with E-state index >= 15 is 0 Å². The minimum absolute atomic E-state index is 0.312. The summed E-state index contributed by atoms with van der Waals surface area (Å²) < 4.78 is 0. The number of rotatable bonds is 5. The zero-order valence-electron chi connectivity index (χ0n) is 8.72. The fourth-order valence-corrected chi connectivity index (χ4v) is 1.21. The van der Waals surface area contributed by atoms with Gasteiger partial charge in [-0.1, -0.05) is 30.3 Å². The lowest BCUT2D eigenvalue weighted by molar-refractivity contribution is -0.131. The molecule has 82 valence electrons. The number of carbonyl (C=O) groups is 2. The van der Waals surface area contributed by atoms with E-state index in [2.05, 4.69) is 6.58 Å². The quantitative estimate of drug-likeness (QED) is 0.466. The van der Waals surface area contributed by atoms with Crippen LogP contribution in [0.5, 0.6) is 0 Å². The standard InChI is InChI=1S/C13H12O3/c1-2-3-10-4-6-11(7-5-10)12(14)8-9-13(15)16/h2,4-9H,1,3H2,(H,15,16). The summed E-state index contributed by atoms with van der Waals surface area (Å²) in [5.74, 6) is -1.44. The number of carbonyl (C=O) groups excluding carboxylic acids is 1. The van der Waals surface area contributed by atoms with Crippen LogP contribution in [0, 0.1) is 0 Å². The average molecular weight is 216 g/mol. The van der Waals surface area contributed by atoms with Gasteiger partial charge in [0, 0.05) is 11.6 Å². The molecule has 0 saturated heterocycles. The first kappa shape index (κ1) is 11.9. The molecule has 16 heavy (non-hydrogen) atoms. The largest absolute Gasteiger partial charge is 0.478 e. The van der Waals surface area contributed by atoms with Crippen LogP contribution in [0.4, 0.5) is 0 Å². The first-order valence-electron chi connectivity index (χ1n) is 4.78. The molecule has 0 aliphatic rings. The van der Waals surface area contributed by atoms with Crippen molar-refractivity contribution in [3.63, 3.8) is 0 Å². The smallest absolute Gasteiger partial charge is 0.328 e. The number of ketones is 1. The van der Waals surface area contributed by atoms with Gasteiger partial charge in [-0.3, -0.25) is 4.79 Å². The third kappa shape index (κ3) is 3.53. The van der Waals surface area contributed by atoms with Gasteiger partial charge in [-0.2, -0.15) is 0 Å². The Bertz CT molecular complexity index is 427. The summed E-state index contributed by atoms with van der Waals surface area (Å²) in [6.07, 6.45) is 4.41. The van der Waals surface area contributed by atoms with Crippen molar-refractivity contribution in [2.45, 2.75) is 6.42 Å². The Balaban J connectivity index is 2.77. The molecule has 0 amide bonds. The van der Waals surface area contributed by atoms with Gasteiger partial charge in [-0.05, 0) is 18.1 Å². The molecule has 1 aromatic carbocycles. The average Bonchev–Trinajstić information content (AvgIpc) is 2.27. The molecule has 0 unspecified atom stereocenters. The molecular weight excluding hydrogens is 204 g/mol. The van der Waals surface area contributed by atoms with E-state index < -0.39 is 5.97 Å². The molecule has 0 saturated carbocycles. The molecule has 1 rings (SSSR count). The monoisotopic (exact) mass is 216 g/mol. The summed E-state index contributed by atoms with van der Waals surface area (Å²) in [6, 6.07) is 6.99. The van der Waals surface area contributed by atoms with Gasteiger partial charge in [0.2, 0.25) is 0 Å². The summed E-state index contributed by atoms with van der Waals surface area (Å²) in [7, 11) is 0. The number of hydrogen-bond donors (Lipinski definition) is 1. The van der Waals surface area contributed by atoms with Crippen LogP contribution in [0.1, 0.15) is 15.9 Å². The molecule has 1 N–H and O–H groups in total. The molecule has 0 aliphatic heterocycles. The van der Waals surface area contributed by atoms with E-state index in [-0.39, 0.29) is 5.78 Å². The zero-order chi connectivity index (χ0) is 12.0. The highest BCUT2D eigenvalue weighted by molar-refractivity contribution is 6.06. The molecule has 0 radical (unpaired) electrons.